The molecule has 2 rings (SSSR count). The van der Waals surface area contributed by atoms with E-state index in [1.807, 2.05) is 68.4 Å². The molecule has 0 aromatic heterocycles. The van der Waals surface area contributed by atoms with Crippen LogP contribution in [0.4, 0.5) is 0 Å². The molecule has 3 heteroatoms. The summed E-state index contributed by atoms with van der Waals surface area (Å²) in [7, 11) is 0. The summed E-state index contributed by atoms with van der Waals surface area (Å²) in [5.41, 5.74) is 4.39. The zero-order valence-corrected chi connectivity index (χ0v) is 13.5. The minimum absolute atomic E-state index is 0.130. The summed E-state index contributed by atoms with van der Waals surface area (Å²) in [5.74, 6) is -0.330. The summed E-state index contributed by atoms with van der Waals surface area (Å²) in [6, 6.07) is 17.9. The summed E-state index contributed by atoms with van der Waals surface area (Å²) in [4.78, 5) is 12.1. The molecule has 23 heavy (non-hydrogen) atoms. The molecular weight excluding hydrogens is 284 g/mol. The number of aryl methyl sites for hydroxylation is 2. The van der Waals surface area contributed by atoms with Gasteiger partial charge in [-0.3, -0.25) is 4.79 Å². The van der Waals surface area contributed by atoms with Crippen LogP contribution in [0, 0.1) is 25.2 Å². The average Bonchev–Trinajstić information content (AvgIpc) is 2.55. The summed E-state index contributed by atoms with van der Waals surface area (Å²) in [6.45, 7) is 4.50. The van der Waals surface area contributed by atoms with Gasteiger partial charge in [0.1, 0.15) is 11.6 Å². The third kappa shape index (κ3) is 4.82. The van der Waals surface area contributed by atoms with Crippen molar-refractivity contribution in [1.29, 1.82) is 5.26 Å². The number of carbonyl (C=O) groups is 1. The Morgan fingerprint density at radius 3 is 2.57 bits per heavy atom. The van der Waals surface area contributed by atoms with Crippen molar-refractivity contribution in [3.8, 4) is 6.07 Å². The Kier molecular flexibility index (Phi) is 5.71. The first-order valence-corrected chi connectivity index (χ1v) is 7.61. The van der Waals surface area contributed by atoms with Crippen molar-refractivity contribution < 1.29 is 4.79 Å². The van der Waals surface area contributed by atoms with Gasteiger partial charge in [0, 0.05) is 6.54 Å². The van der Waals surface area contributed by atoms with Gasteiger partial charge < -0.3 is 5.32 Å². The maximum atomic E-state index is 12.1. The minimum atomic E-state index is -0.330. The van der Waals surface area contributed by atoms with Crippen LogP contribution in [0.5, 0.6) is 0 Å². The smallest absolute Gasteiger partial charge is 0.261 e. The highest BCUT2D eigenvalue weighted by atomic mass is 16.1. The van der Waals surface area contributed by atoms with E-state index in [9.17, 15) is 10.1 Å². The van der Waals surface area contributed by atoms with E-state index >= 15 is 0 Å². The topological polar surface area (TPSA) is 52.9 Å². The van der Waals surface area contributed by atoms with Crippen molar-refractivity contribution in [3.63, 3.8) is 0 Å². The van der Waals surface area contributed by atoms with E-state index in [1.54, 1.807) is 6.08 Å². The van der Waals surface area contributed by atoms with Crippen LogP contribution in [0.25, 0.3) is 6.08 Å². The second kappa shape index (κ2) is 7.95. The van der Waals surface area contributed by atoms with Crippen molar-refractivity contribution in [3.05, 3.63) is 76.4 Å². The van der Waals surface area contributed by atoms with Gasteiger partial charge in [-0.05, 0) is 43.0 Å². The number of hydrogen-bond acceptors (Lipinski definition) is 2. The van der Waals surface area contributed by atoms with Gasteiger partial charge in [0.05, 0.1) is 0 Å². The molecule has 0 spiro atoms. The monoisotopic (exact) mass is 304 g/mol. The lowest BCUT2D eigenvalue weighted by molar-refractivity contribution is -0.117. The highest BCUT2D eigenvalue weighted by Gasteiger charge is 2.09. The lowest BCUT2D eigenvalue weighted by Crippen LogP contribution is -2.26. The average molecular weight is 304 g/mol. The van der Waals surface area contributed by atoms with Crippen LogP contribution in [-0.2, 0) is 11.2 Å². The van der Waals surface area contributed by atoms with Gasteiger partial charge in [-0.1, -0.05) is 54.1 Å². The first-order valence-electron chi connectivity index (χ1n) is 7.61. The van der Waals surface area contributed by atoms with E-state index in [-0.39, 0.29) is 11.5 Å². The molecule has 0 aliphatic rings. The standard InChI is InChI=1S/C20H20N2O/c1-15-8-9-18(16(2)12-15)13-19(14-21)20(23)22-11-10-17-6-4-3-5-7-17/h3-9,12-13H,10-11H2,1-2H3,(H,22,23)/b19-13+. The highest BCUT2D eigenvalue weighted by molar-refractivity contribution is 6.01. The van der Waals surface area contributed by atoms with Crippen molar-refractivity contribution in [1.82, 2.24) is 5.32 Å². The van der Waals surface area contributed by atoms with Gasteiger partial charge in [0.2, 0.25) is 0 Å². The first-order chi connectivity index (χ1) is 11.1. The first kappa shape index (κ1) is 16.5. The fraction of sp³-hybridized carbons (Fsp3) is 0.200. The molecule has 0 heterocycles. The normalized spacial score (nSPS) is 10.9. The molecule has 0 fully saturated rings. The molecule has 1 amide bonds. The van der Waals surface area contributed by atoms with Crippen molar-refractivity contribution in [2.24, 2.45) is 0 Å². The Hall–Kier alpha value is -2.86. The molecule has 0 bridgehead atoms. The SMILES string of the molecule is Cc1ccc(/C=C(\C#N)C(=O)NCCc2ccccc2)c(C)c1. The van der Waals surface area contributed by atoms with Gasteiger partial charge in [0.15, 0.2) is 0 Å². The van der Waals surface area contributed by atoms with Crippen LogP contribution in [0.2, 0.25) is 0 Å². The molecule has 2 aromatic carbocycles. The van der Waals surface area contributed by atoms with Crippen molar-refractivity contribution in [2.45, 2.75) is 20.3 Å². The second-order valence-corrected chi connectivity index (χ2v) is 5.52. The number of carbonyl (C=O) groups excluding carboxylic acids is 1. The maximum Gasteiger partial charge on any atom is 0.261 e. The van der Waals surface area contributed by atoms with Gasteiger partial charge in [-0.15, -0.1) is 0 Å². The number of nitrogens with one attached hydrogen (secondary N) is 1. The minimum Gasteiger partial charge on any atom is -0.351 e. The Labute approximate surface area is 137 Å². The summed E-state index contributed by atoms with van der Waals surface area (Å²) < 4.78 is 0. The molecule has 3 nitrogen and oxygen atoms in total. The van der Waals surface area contributed by atoms with E-state index in [0.717, 1.165) is 28.7 Å². The Morgan fingerprint density at radius 2 is 1.91 bits per heavy atom. The van der Waals surface area contributed by atoms with E-state index < -0.39 is 0 Å². The summed E-state index contributed by atoms with van der Waals surface area (Å²) in [5, 5.41) is 12.0. The largest absolute Gasteiger partial charge is 0.351 e. The van der Waals surface area contributed by atoms with Crippen LogP contribution < -0.4 is 5.32 Å². The maximum absolute atomic E-state index is 12.1. The van der Waals surface area contributed by atoms with E-state index in [0.29, 0.717) is 6.54 Å². The lowest BCUT2D eigenvalue weighted by atomic mass is 10.0. The fourth-order valence-corrected chi connectivity index (χ4v) is 2.35. The van der Waals surface area contributed by atoms with E-state index in [2.05, 4.69) is 5.32 Å². The molecule has 0 aliphatic heterocycles. The lowest BCUT2D eigenvalue weighted by Gasteiger charge is -2.06. The molecule has 116 valence electrons. The number of benzene rings is 2. The van der Waals surface area contributed by atoms with Crippen LogP contribution in [0.3, 0.4) is 0 Å². The molecular formula is C20H20N2O. The number of hydrogen-bond donors (Lipinski definition) is 1. The third-order valence-electron chi connectivity index (χ3n) is 3.63. The number of amides is 1. The molecule has 0 atom stereocenters. The van der Waals surface area contributed by atoms with Gasteiger partial charge in [-0.25, -0.2) is 0 Å². The van der Waals surface area contributed by atoms with Crippen LogP contribution in [0.15, 0.2) is 54.1 Å². The summed E-state index contributed by atoms with van der Waals surface area (Å²) in [6.07, 6.45) is 2.39. The molecule has 0 unspecified atom stereocenters. The zero-order valence-electron chi connectivity index (χ0n) is 13.5. The number of nitrogens with zero attached hydrogens (tertiary/aromatic N) is 1. The zero-order chi connectivity index (χ0) is 16.7. The van der Waals surface area contributed by atoms with Gasteiger partial charge in [0.25, 0.3) is 5.91 Å². The van der Waals surface area contributed by atoms with E-state index in [1.165, 1.54) is 0 Å². The quantitative estimate of drug-likeness (QED) is 0.678. The van der Waals surface area contributed by atoms with E-state index in [4.69, 9.17) is 0 Å². The Morgan fingerprint density at radius 1 is 1.17 bits per heavy atom. The van der Waals surface area contributed by atoms with Crippen LogP contribution in [0.1, 0.15) is 22.3 Å². The molecule has 0 radical (unpaired) electrons. The molecule has 0 saturated heterocycles. The second-order valence-electron chi connectivity index (χ2n) is 5.52. The predicted octanol–water partition coefficient (Wildman–Crippen LogP) is 3.57. The number of nitriles is 1. The highest BCUT2D eigenvalue weighted by Crippen LogP contribution is 2.14. The Bertz CT molecular complexity index is 755. The number of rotatable bonds is 5. The molecule has 1 N–H and O–H groups in total. The third-order valence-corrected chi connectivity index (χ3v) is 3.63. The van der Waals surface area contributed by atoms with Crippen LogP contribution in [-0.4, -0.2) is 12.5 Å². The van der Waals surface area contributed by atoms with Gasteiger partial charge >= 0.3 is 0 Å². The molecule has 0 saturated carbocycles. The van der Waals surface area contributed by atoms with Crippen molar-refractivity contribution >= 4 is 12.0 Å². The van der Waals surface area contributed by atoms with Gasteiger partial charge in [-0.2, -0.15) is 5.26 Å². The molecule has 0 aliphatic carbocycles. The predicted molar refractivity (Wildman–Crippen MR) is 92.7 cm³/mol. The van der Waals surface area contributed by atoms with Crippen molar-refractivity contribution in [2.75, 3.05) is 6.54 Å². The summed E-state index contributed by atoms with van der Waals surface area (Å²) >= 11 is 0. The molecule has 2 aromatic rings. The fourth-order valence-electron chi connectivity index (χ4n) is 2.35. The Balaban J connectivity index is 2.01. The van der Waals surface area contributed by atoms with Crippen LogP contribution >= 0.6 is 0 Å².